The summed E-state index contributed by atoms with van der Waals surface area (Å²) in [5.74, 6) is 0.830. The largest absolute Gasteiger partial charge is 0.313 e. The van der Waals surface area contributed by atoms with E-state index in [-0.39, 0.29) is 9.92 Å². The van der Waals surface area contributed by atoms with Crippen molar-refractivity contribution in [2.75, 3.05) is 31.1 Å². The third kappa shape index (κ3) is 3.90. The van der Waals surface area contributed by atoms with E-state index in [9.17, 15) is 12.8 Å². The lowest BCUT2D eigenvalue weighted by Crippen LogP contribution is -2.38. The van der Waals surface area contributed by atoms with Gasteiger partial charge in [-0.3, -0.25) is 0 Å². The van der Waals surface area contributed by atoms with Crippen LogP contribution >= 0.6 is 23.4 Å². The van der Waals surface area contributed by atoms with Gasteiger partial charge in [0.15, 0.2) is 0 Å². The van der Waals surface area contributed by atoms with Crippen molar-refractivity contribution in [3.63, 3.8) is 0 Å². The van der Waals surface area contributed by atoms with Crippen LogP contribution in [0.15, 0.2) is 17.0 Å². The maximum atomic E-state index is 13.9. The minimum atomic E-state index is -3.66. The summed E-state index contributed by atoms with van der Waals surface area (Å²) in [6.45, 7) is 3.86. The molecule has 0 spiro atoms. The molecule has 8 heteroatoms. The van der Waals surface area contributed by atoms with E-state index in [4.69, 9.17) is 11.6 Å². The molecule has 0 aromatic heterocycles. The number of sulfonamides is 1. The highest BCUT2D eigenvalue weighted by Crippen LogP contribution is 2.27. The van der Waals surface area contributed by atoms with Gasteiger partial charge < -0.3 is 5.32 Å². The van der Waals surface area contributed by atoms with Crippen molar-refractivity contribution in [2.24, 2.45) is 0 Å². The molecule has 0 amide bonds. The summed E-state index contributed by atoms with van der Waals surface area (Å²) in [4.78, 5) is -0.0239. The molecule has 2 rings (SSSR count). The van der Waals surface area contributed by atoms with Gasteiger partial charge in [0.25, 0.3) is 0 Å². The van der Waals surface area contributed by atoms with Crippen LogP contribution in [0.5, 0.6) is 0 Å². The third-order valence-electron chi connectivity index (χ3n) is 3.25. The topological polar surface area (TPSA) is 49.4 Å². The highest BCUT2D eigenvalue weighted by molar-refractivity contribution is 7.99. The second kappa shape index (κ2) is 7.28. The molecule has 1 heterocycles. The molecule has 0 unspecified atom stereocenters. The summed E-state index contributed by atoms with van der Waals surface area (Å²) < 4.78 is 40.5. The highest BCUT2D eigenvalue weighted by Gasteiger charge is 2.27. The molecule has 4 nitrogen and oxygen atoms in total. The fourth-order valence-electron chi connectivity index (χ4n) is 2.09. The van der Waals surface area contributed by atoms with Crippen LogP contribution in [0.3, 0.4) is 0 Å². The number of hydrogen-bond acceptors (Lipinski definition) is 4. The second-order valence-electron chi connectivity index (χ2n) is 4.67. The van der Waals surface area contributed by atoms with Gasteiger partial charge in [0, 0.05) is 31.1 Å². The molecule has 0 atom stereocenters. The zero-order valence-corrected chi connectivity index (χ0v) is 14.1. The van der Waals surface area contributed by atoms with Crippen LogP contribution in [0, 0.1) is 5.82 Å². The van der Waals surface area contributed by atoms with Crippen molar-refractivity contribution in [2.45, 2.75) is 18.4 Å². The Morgan fingerprint density at radius 3 is 2.67 bits per heavy atom. The molecule has 1 aliphatic rings. The van der Waals surface area contributed by atoms with Crippen LogP contribution in [0.1, 0.15) is 12.5 Å². The summed E-state index contributed by atoms with van der Waals surface area (Å²) in [5.41, 5.74) is 0.462. The van der Waals surface area contributed by atoms with E-state index in [0.717, 1.165) is 17.6 Å². The lowest BCUT2D eigenvalue weighted by molar-refractivity contribution is 0.443. The Bertz CT molecular complexity index is 604. The molecule has 0 radical (unpaired) electrons. The van der Waals surface area contributed by atoms with E-state index in [1.807, 2.05) is 6.92 Å². The van der Waals surface area contributed by atoms with Crippen molar-refractivity contribution in [1.82, 2.24) is 9.62 Å². The molecule has 1 saturated heterocycles. The van der Waals surface area contributed by atoms with Gasteiger partial charge >= 0.3 is 0 Å². The zero-order chi connectivity index (χ0) is 15.5. The fraction of sp³-hybridized carbons (Fsp3) is 0.538. The lowest BCUT2D eigenvalue weighted by Gasteiger charge is -2.26. The van der Waals surface area contributed by atoms with Gasteiger partial charge in [0.1, 0.15) is 5.82 Å². The van der Waals surface area contributed by atoms with Crippen molar-refractivity contribution in [3.8, 4) is 0 Å². The molecular formula is C13H18ClFN2O2S2. The molecule has 0 saturated carbocycles. The molecule has 1 aliphatic heterocycles. The van der Waals surface area contributed by atoms with Gasteiger partial charge in [0.05, 0.1) is 9.92 Å². The van der Waals surface area contributed by atoms with E-state index in [0.29, 0.717) is 31.7 Å². The average molecular weight is 353 g/mol. The number of hydrogen-bond donors (Lipinski definition) is 1. The normalized spacial score (nSPS) is 17.1. The van der Waals surface area contributed by atoms with Gasteiger partial charge in [-0.1, -0.05) is 18.5 Å². The minimum absolute atomic E-state index is 0.0239. The number of halogens is 2. The fourth-order valence-corrected chi connectivity index (χ4v) is 4.91. The van der Waals surface area contributed by atoms with Crippen molar-refractivity contribution < 1.29 is 12.8 Å². The second-order valence-corrected chi connectivity index (χ2v) is 8.22. The lowest BCUT2D eigenvalue weighted by atomic mass is 10.2. The number of nitrogens with zero attached hydrogens (tertiary/aromatic N) is 1. The Balaban J connectivity index is 2.36. The number of benzene rings is 1. The molecule has 1 N–H and O–H groups in total. The van der Waals surface area contributed by atoms with Crippen LogP contribution in [-0.2, 0) is 16.6 Å². The van der Waals surface area contributed by atoms with Crippen LogP contribution in [0.4, 0.5) is 4.39 Å². The van der Waals surface area contributed by atoms with Gasteiger partial charge in [-0.25, -0.2) is 12.8 Å². The third-order valence-corrected chi connectivity index (χ3v) is 6.49. The average Bonchev–Trinajstić information content (AvgIpc) is 2.49. The van der Waals surface area contributed by atoms with E-state index in [1.54, 1.807) is 11.8 Å². The maximum absolute atomic E-state index is 13.9. The summed E-state index contributed by atoms with van der Waals surface area (Å²) in [6.07, 6.45) is 0. The molecule has 1 fully saturated rings. The molecular weight excluding hydrogens is 335 g/mol. The van der Waals surface area contributed by atoms with E-state index in [1.165, 1.54) is 10.4 Å². The Labute approximate surface area is 134 Å². The zero-order valence-electron chi connectivity index (χ0n) is 11.7. The van der Waals surface area contributed by atoms with Gasteiger partial charge in [-0.2, -0.15) is 16.1 Å². The predicted octanol–water partition coefficient (Wildman–Crippen LogP) is 2.33. The first kappa shape index (κ1) is 17.0. The van der Waals surface area contributed by atoms with Gasteiger partial charge in [-0.15, -0.1) is 0 Å². The van der Waals surface area contributed by atoms with Crippen LogP contribution < -0.4 is 5.32 Å². The minimum Gasteiger partial charge on any atom is -0.313 e. The standard InChI is InChI=1S/C13H18ClFN2O2S2/c1-2-16-9-10-7-11(8-12(15)13(10)14)21(18,19)17-3-5-20-6-4-17/h7-8,16H,2-6,9H2,1H3. The Kier molecular flexibility index (Phi) is 5.90. The maximum Gasteiger partial charge on any atom is 0.243 e. The summed E-state index contributed by atoms with van der Waals surface area (Å²) >= 11 is 7.63. The summed E-state index contributed by atoms with van der Waals surface area (Å²) in [6, 6.07) is 2.47. The molecule has 0 bridgehead atoms. The Hall–Kier alpha value is -0.340. The monoisotopic (exact) mass is 352 g/mol. The van der Waals surface area contributed by atoms with Crippen molar-refractivity contribution in [3.05, 3.63) is 28.5 Å². The molecule has 21 heavy (non-hydrogen) atoms. The van der Waals surface area contributed by atoms with Crippen LogP contribution in [-0.4, -0.2) is 43.9 Å². The first-order valence-corrected chi connectivity index (χ1v) is 9.70. The van der Waals surface area contributed by atoms with Crippen molar-refractivity contribution >= 4 is 33.4 Å². The van der Waals surface area contributed by atoms with Gasteiger partial charge in [-0.05, 0) is 24.2 Å². The number of nitrogens with one attached hydrogen (secondary N) is 1. The summed E-state index contributed by atoms with van der Waals surface area (Å²) in [5, 5.41) is 3.00. The van der Waals surface area contributed by atoms with E-state index >= 15 is 0 Å². The molecule has 0 aliphatic carbocycles. The number of thioether (sulfide) groups is 1. The van der Waals surface area contributed by atoms with E-state index < -0.39 is 15.8 Å². The molecule has 1 aromatic rings. The smallest absolute Gasteiger partial charge is 0.243 e. The SMILES string of the molecule is CCNCc1cc(S(=O)(=O)N2CCSCC2)cc(F)c1Cl. The van der Waals surface area contributed by atoms with E-state index in [2.05, 4.69) is 5.32 Å². The predicted molar refractivity (Wildman–Crippen MR) is 84.9 cm³/mol. The van der Waals surface area contributed by atoms with Crippen molar-refractivity contribution in [1.29, 1.82) is 0 Å². The molecule has 118 valence electrons. The Morgan fingerprint density at radius 2 is 2.05 bits per heavy atom. The van der Waals surface area contributed by atoms with Gasteiger partial charge in [0.2, 0.25) is 10.0 Å². The number of rotatable bonds is 5. The summed E-state index contributed by atoms with van der Waals surface area (Å²) in [7, 11) is -3.66. The molecule has 1 aromatic carbocycles. The van der Waals surface area contributed by atoms with Crippen LogP contribution in [0.2, 0.25) is 5.02 Å². The first-order valence-electron chi connectivity index (χ1n) is 6.73. The quantitative estimate of drug-likeness (QED) is 0.883. The highest BCUT2D eigenvalue weighted by atomic mass is 35.5. The Morgan fingerprint density at radius 1 is 1.38 bits per heavy atom. The first-order chi connectivity index (χ1) is 9.96. The van der Waals surface area contributed by atoms with Crippen LogP contribution in [0.25, 0.3) is 0 Å².